The Morgan fingerprint density at radius 3 is 2.18 bits per heavy atom. The minimum absolute atomic E-state index is 0.0532. The van der Waals surface area contributed by atoms with Crippen molar-refractivity contribution in [3.8, 4) is 0 Å². The maximum atomic E-state index is 13.2. The predicted octanol–water partition coefficient (Wildman–Crippen LogP) is 4.25. The Morgan fingerprint density at radius 1 is 1.00 bits per heavy atom. The van der Waals surface area contributed by atoms with Gasteiger partial charge in [0.15, 0.2) is 0 Å². The maximum absolute atomic E-state index is 13.2. The molecule has 0 atom stereocenters. The molecule has 0 radical (unpaired) electrons. The highest BCUT2D eigenvalue weighted by Gasteiger charge is 2.27. The van der Waals surface area contributed by atoms with Gasteiger partial charge in [-0.1, -0.05) is 47.5 Å². The Kier molecular flexibility index (Phi) is 7.64. The number of nitro groups is 1. The van der Waals surface area contributed by atoms with Gasteiger partial charge in [0.2, 0.25) is 0 Å². The van der Waals surface area contributed by atoms with Crippen LogP contribution in [0.25, 0.3) is 0 Å². The number of non-ortho nitro benzene ring substituents is 1. The van der Waals surface area contributed by atoms with E-state index >= 15 is 0 Å². The molecule has 1 N–H and O–H groups in total. The number of amides is 1. The van der Waals surface area contributed by atoms with Gasteiger partial charge in [-0.15, -0.1) is 0 Å². The summed E-state index contributed by atoms with van der Waals surface area (Å²) in [6.45, 7) is -0.636. The Morgan fingerprint density at radius 2 is 1.61 bits per heavy atom. The van der Waals surface area contributed by atoms with Gasteiger partial charge in [-0.05, 0) is 36.4 Å². The second-order valence-electron chi connectivity index (χ2n) is 6.53. The van der Waals surface area contributed by atoms with E-state index in [4.69, 9.17) is 23.2 Å². The number of sulfonamides is 1. The highest BCUT2D eigenvalue weighted by Crippen LogP contribution is 2.26. The van der Waals surface area contributed by atoms with Gasteiger partial charge in [0.05, 0.1) is 31.8 Å². The molecule has 0 bridgehead atoms. The van der Waals surface area contributed by atoms with E-state index in [1.54, 1.807) is 36.4 Å². The van der Waals surface area contributed by atoms with Crippen molar-refractivity contribution in [3.05, 3.63) is 98.5 Å². The molecule has 170 valence electrons. The molecule has 0 aliphatic heterocycles. The molecule has 0 unspecified atom stereocenters. The van der Waals surface area contributed by atoms with Crippen LogP contribution in [-0.2, 0) is 14.8 Å². The van der Waals surface area contributed by atoms with Gasteiger partial charge in [0, 0.05) is 17.7 Å². The molecule has 1 amide bonds. The van der Waals surface area contributed by atoms with Crippen molar-refractivity contribution in [2.24, 2.45) is 5.10 Å². The lowest BCUT2D eigenvalue weighted by molar-refractivity contribution is -0.384. The highest BCUT2D eigenvalue weighted by molar-refractivity contribution is 7.92. The molecule has 0 spiro atoms. The lowest BCUT2D eigenvalue weighted by Crippen LogP contribution is -2.39. The van der Waals surface area contributed by atoms with Crippen molar-refractivity contribution in [3.63, 3.8) is 0 Å². The summed E-state index contributed by atoms with van der Waals surface area (Å²) >= 11 is 12.1. The number of anilines is 1. The van der Waals surface area contributed by atoms with Gasteiger partial charge < -0.3 is 0 Å². The second kappa shape index (κ2) is 10.4. The van der Waals surface area contributed by atoms with E-state index < -0.39 is 27.4 Å². The molecule has 9 nitrogen and oxygen atoms in total. The largest absolute Gasteiger partial charge is 0.271 e. The summed E-state index contributed by atoms with van der Waals surface area (Å²) in [5.74, 6) is -0.757. The first-order chi connectivity index (χ1) is 15.7. The van der Waals surface area contributed by atoms with Crippen molar-refractivity contribution in [2.75, 3.05) is 10.8 Å². The Balaban J connectivity index is 1.87. The lowest BCUT2D eigenvalue weighted by atomic mass is 10.2. The molecule has 0 aromatic heterocycles. The first-order valence-corrected chi connectivity index (χ1v) is 11.5. The molecular formula is C21H16Cl2N4O5S. The van der Waals surface area contributed by atoms with Crippen LogP contribution in [0.2, 0.25) is 10.0 Å². The van der Waals surface area contributed by atoms with Crippen molar-refractivity contribution in [1.29, 1.82) is 0 Å². The highest BCUT2D eigenvalue weighted by atomic mass is 35.5. The SMILES string of the molecule is O=C(CN(c1ccc([N+](=O)[O-])cc1)S(=O)(=O)c1ccccc1)NN=Cc1c(Cl)cccc1Cl. The number of nitro benzene ring substituents is 1. The van der Waals surface area contributed by atoms with Crippen LogP contribution in [0.1, 0.15) is 5.56 Å². The zero-order valence-corrected chi connectivity index (χ0v) is 19.1. The Labute approximate surface area is 199 Å². The van der Waals surface area contributed by atoms with Crippen molar-refractivity contribution >= 4 is 56.7 Å². The number of hydrogen-bond donors (Lipinski definition) is 1. The second-order valence-corrected chi connectivity index (χ2v) is 9.20. The molecular weight excluding hydrogens is 491 g/mol. The van der Waals surface area contributed by atoms with Crippen LogP contribution in [0.3, 0.4) is 0 Å². The summed E-state index contributed by atoms with van der Waals surface area (Å²) in [7, 11) is -4.16. The molecule has 3 aromatic rings. The van der Waals surface area contributed by atoms with E-state index in [0.717, 1.165) is 16.4 Å². The Bertz CT molecular complexity index is 1280. The first kappa shape index (κ1) is 24.2. The molecule has 0 fully saturated rings. The van der Waals surface area contributed by atoms with Crippen LogP contribution in [0.15, 0.2) is 82.8 Å². The number of hydrazone groups is 1. The fourth-order valence-corrected chi connectivity index (χ4v) is 4.68. The van der Waals surface area contributed by atoms with Gasteiger partial charge in [0.25, 0.3) is 21.6 Å². The number of nitrogens with one attached hydrogen (secondary N) is 1. The molecule has 0 aliphatic rings. The zero-order valence-electron chi connectivity index (χ0n) is 16.8. The first-order valence-electron chi connectivity index (χ1n) is 9.28. The summed E-state index contributed by atoms with van der Waals surface area (Å²) in [5.41, 5.74) is 2.46. The fourth-order valence-electron chi connectivity index (χ4n) is 2.74. The number of nitrogens with zero attached hydrogens (tertiary/aromatic N) is 3. The summed E-state index contributed by atoms with van der Waals surface area (Å²) in [4.78, 5) is 22.8. The molecule has 33 heavy (non-hydrogen) atoms. The van der Waals surface area contributed by atoms with Gasteiger partial charge in [-0.3, -0.25) is 19.2 Å². The van der Waals surface area contributed by atoms with E-state index in [1.165, 1.54) is 30.5 Å². The standard InChI is InChI=1S/C21H16Cl2N4O5S/c22-19-7-4-8-20(23)18(19)13-24-25-21(28)14-26(15-9-11-16(12-10-15)27(29)30)33(31,32)17-5-2-1-3-6-17/h1-13H,14H2,(H,25,28). The number of hydrogen-bond acceptors (Lipinski definition) is 6. The number of halogens is 2. The van der Waals surface area contributed by atoms with E-state index in [1.807, 2.05) is 0 Å². The summed E-state index contributed by atoms with van der Waals surface area (Å²) < 4.78 is 27.3. The van der Waals surface area contributed by atoms with Gasteiger partial charge in [-0.25, -0.2) is 13.8 Å². The molecule has 0 saturated heterocycles. The third-order valence-electron chi connectivity index (χ3n) is 4.35. The van der Waals surface area contributed by atoms with Crippen molar-refractivity contribution < 1.29 is 18.1 Å². The van der Waals surface area contributed by atoms with Crippen LogP contribution >= 0.6 is 23.2 Å². The summed E-state index contributed by atoms with van der Waals surface area (Å²) in [6, 6.07) is 17.1. The van der Waals surface area contributed by atoms with Crippen LogP contribution in [-0.4, -0.2) is 32.0 Å². The molecule has 0 aliphatic carbocycles. The summed E-state index contributed by atoms with van der Waals surface area (Å²) in [5, 5.41) is 15.4. The third-order valence-corrected chi connectivity index (χ3v) is 6.80. The minimum Gasteiger partial charge on any atom is -0.271 e. The third kappa shape index (κ3) is 5.86. The monoisotopic (exact) mass is 506 g/mol. The molecule has 0 heterocycles. The number of rotatable bonds is 8. The molecule has 12 heteroatoms. The number of carbonyl (C=O) groups is 1. The van der Waals surface area contributed by atoms with Crippen LogP contribution in [0.5, 0.6) is 0 Å². The normalized spacial score (nSPS) is 11.3. The van der Waals surface area contributed by atoms with Gasteiger partial charge in [0.1, 0.15) is 6.54 Å². The smallest absolute Gasteiger partial charge is 0.269 e. The maximum Gasteiger partial charge on any atom is 0.269 e. The topological polar surface area (TPSA) is 122 Å². The van der Waals surface area contributed by atoms with Crippen molar-refractivity contribution in [1.82, 2.24) is 5.43 Å². The van der Waals surface area contributed by atoms with Gasteiger partial charge in [-0.2, -0.15) is 5.10 Å². The van der Waals surface area contributed by atoms with Crippen LogP contribution in [0, 0.1) is 10.1 Å². The summed E-state index contributed by atoms with van der Waals surface area (Å²) in [6.07, 6.45) is 1.24. The van der Waals surface area contributed by atoms with Crippen LogP contribution in [0.4, 0.5) is 11.4 Å². The molecule has 3 aromatic carbocycles. The predicted molar refractivity (Wildman–Crippen MR) is 126 cm³/mol. The van der Waals surface area contributed by atoms with E-state index in [9.17, 15) is 23.3 Å². The quantitative estimate of drug-likeness (QED) is 0.278. The zero-order chi connectivity index (χ0) is 24.0. The van der Waals surface area contributed by atoms with E-state index in [0.29, 0.717) is 15.6 Å². The fraction of sp³-hybridized carbons (Fsp3) is 0.0476. The van der Waals surface area contributed by atoms with Crippen molar-refractivity contribution in [2.45, 2.75) is 4.90 Å². The number of benzene rings is 3. The minimum atomic E-state index is -4.16. The number of carbonyl (C=O) groups excluding carboxylic acids is 1. The van der Waals surface area contributed by atoms with Gasteiger partial charge >= 0.3 is 0 Å². The molecule has 3 rings (SSSR count). The van der Waals surface area contributed by atoms with E-state index in [2.05, 4.69) is 10.5 Å². The lowest BCUT2D eigenvalue weighted by Gasteiger charge is -2.23. The average Bonchev–Trinajstić information content (AvgIpc) is 2.80. The Hall–Kier alpha value is -3.47. The average molecular weight is 507 g/mol. The molecule has 0 saturated carbocycles. The van der Waals surface area contributed by atoms with Crippen LogP contribution < -0.4 is 9.73 Å². The van der Waals surface area contributed by atoms with E-state index in [-0.39, 0.29) is 16.3 Å².